The fourth-order valence-corrected chi connectivity index (χ4v) is 1.82. The number of unbranched alkanes of at least 4 members (excludes halogenated alkanes) is 1. The van der Waals surface area contributed by atoms with Crippen molar-refractivity contribution in [2.24, 2.45) is 0 Å². The summed E-state index contributed by atoms with van der Waals surface area (Å²) >= 11 is 5.85. The topological polar surface area (TPSA) is 68.5 Å². The van der Waals surface area contributed by atoms with E-state index in [1.807, 2.05) is 11.5 Å². The maximum atomic E-state index is 5.85. The molecule has 0 amide bonds. The average Bonchev–Trinajstić information content (AvgIpc) is 2.80. The van der Waals surface area contributed by atoms with Crippen molar-refractivity contribution in [1.82, 2.24) is 24.7 Å². The van der Waals surface area contributed by atoms with Gasteiger partial charge in [0.05, 0.1) is 0 Å². The third kappa shape index (κ3) is 3.96. The van der Waals surface area contributed by atoms with Crippen molar-refractivity contribution in [3.63, 3.8) is 0 Å². The van der Waals surface area contributed by atoms with Gasteiger partial charge in [-0.05, 0) is 19.8 Å². The third-order valence-corrected chi connectivity index (χ3v) is 2.62. The number of anilines is 1. The van der Waals surface area contributed by atoms with E-state index in [4.69, 9.17) is 11.6 Å². The Morgan fingerprint density at radius 3 is 2.72 bits per heavy atom. The zero-order valence-electron chi connectivity index (χ0n) is 10.2. The van der Waals surface area contributed by atoms with Crippen molar-refractivity contribution >= 4 is 17.4 Å². The van der Waals surface area contributed by atoms with E-state index in [0.717, 1.165) is 31.7 Å². The first kappa shape index (κ1) is 12.8. The summed E-state index contributed by atoms with van der Waals surface area (Å²) < 4.78 is 1.96. The van der Waals surface area contributed by atoms with Crippen molar-refractivity contribution in [2.45, 2.75) is 26.3 Å². The van der Waals surface area contributed by atoms with Crippen molar-refractivity contribution < 1.29 is 0 Å². The van der Waals surface area contributed by atoms with E-state index in [0.29, 0.717) is 11.0 Å². The van der Waals surface area contributed by atoms with Crippen LogP contribution in [0.5, 0.6) is 0 Å². The lowest BCUT2D eigenvalue weighted by Crippen LogP contribution is -2.06. The molecule has 6 nitrogen and oxygen atoms in total. The van der Waals surface area contributed by atoms with Crippen LogP contribution in [0.3, 0.4) is 0 Å². The monoisotopic (exact) mass is 266 g/mol. The Balaban J connectivity index is 1.68. The third-order valence-electron chi connectivity index (χ3n) is 2.42. The van der Waals surface area contributed by atoms with Gasteiger partial charge >= 0.3 is 0 Å². The van der Waals surface area contributed by atoms with Crippen molar-refractivity contribution in [3.8, 4) is 0 Å². The Bertz CT molecular complexity index is 464. The van der Waals surface area contributed by atoms with Crippen LogP contribution >= 0.6 is 11.6 Å². The number of nitrogens with zero attached hydrogens (tertiary/aromatic N) is 5. The SMILES string of the molecule is Cc1nc(Cl)cc(NCCCCn2cnnc2)n1. The summed E-state index contributed by atoms with van der Waals surface area (Å²) in [5.41, 5.74) is 0. The van der Waals surface area contributed by atoms with Gasteiger partial charge in [0.25, 0.3) is 0 Å². The van der Waals surface area contributed by atoms with E-state index in [1.54, 1.807) is 18.7 Å². The first-order chi connectivity index (χ1) is 8.74. The highest BCUT2D eigenvalue weighted by Gasteiger charge is 1.99. The number of halogens is 1. The van der Waals surface area contributed by atoms with E-state index in [-0.39, 0.29) is 0 Å². The van der Waals surface area contributed by atoms with Crippen LogP contribution in [0.15, 0.2) is 18.7 Å². The number of hydrogen-bond acceptors (Lipinski definition) is 5. The number of nitrogens with one attached hydrogen (secondary N) is 1. The Hall–Kier alpha value is -1.69. The highest BCUT2D eigenvalue weighted by Crippen LogP contribution is 2.11. The van der Waals surface area contributed by atoms with E-state index in [1.165, 1.54) is 0 Å². The van der Waals surface area contributed by atoms with Crippen LogP contribution in [-0.4, -0.2) is 31.3 Å². The molecular weight excluding hydrogens is 252 g/mol. The summed E-state index contributed by atoms with van der Waals surface area (Å²) in [6, 6.07) is 1.73. The molecule has 0 radical (unpaired) electrons. The molecule has 0 unspecified atom stereocenters. The number of rotatable bonds is 6. The van der Waals surface area contributed by atoms with Crippen molar-refractivity contribution in [2.75, 3.05) is 11.9 Å². The van der Waals surface area contributed by atoms with Gasteiger partial charge in [-0.1, -0.05) is 11.6 Å². The number of aromatic nitrogens is 5. The van der Waals surface area contributed by atoms with Gasteiger partial charge in [-0.25, -0.2) is 9.97 Å². The highest BCUT2D eigenvalue weighted by atomic mass is 35.5. The molecule has 0 spiro atoms. The van der Waals surface area contributed by atoms with Gasteiger partial charge in [-0.15, -0.1) is 10.2 Å². The Kier molecular flexibility index (Phi) is 4.46. The van der Waals surface area contributed by atoms with E-state index in [2.05, 4.69) is 25.5 Å². The smallest absolute Gasteiger partial charge is 0.134 e. The van der Waals surface area contributed by atoms with Crippen LogP contribution in [0.1, 0.15) is 18.7 Å². The average molecular weight is 267 g/mol. The van der Waals surface area contributed by atoms with Crippen LogP contribution in [0, 0.1) is 6.92 Å². The van der Waals surface area contributed by atoms with Gasteiger partial charge in [-0.3, -0.25) is 0 Å². The molecule has 2 aromatic rings. The minimum absolute atomic E-state index is 0.467. The zero-order valence-corrected chi connectivity index (χ0v) is 10.9. The lowest BCUT2D eigenvalue weighted by molar-refractivity contribution is 0.619. The van der Waals surface area contributed by atoms with Crippen molar-refractivity contribution in [3.05, 3.63) is 29.7 Å². The molecule has 96 valence electrons. The van der Waals surface area contributed by atoms with E-state index >= 15 is 0 Å². The van der Waals surface area contributed by atoms with Crippen LogP contribution in [0.4, 0.5) is 5.82 Å². The molecule has 0 aromatic carbocycles. The van der Waals surface area contributed by atoms with Crippen LogP contribution in [0.25, 0.3) is 0 Å². The van der Waals surface area contributed by atoms with Gasteiger partial charge < -0.3 is 9.88 Å². The molecule has 0 bridgehead atoms. The molecule has 0 aliphatic rings. The molecule has 0 atom stereocenters. The maximum absolute atomic E-state index is 5.85. The molecule has 0 saturated carbocycles. The predicted octanol–water partition coefficient (Wildman–Crippen LogP) is 1.92. The molecule has 1 N–H and O–H groups in total. The summed E-state index contributed by atoms with van der Waals surface area (Å²) in [6.45, 7) is 3.61. The first-order valence-electron chi connectivity index (χ1n) is 5.81. The minimum Gasteiger partial charge on any atom is -0.370 e. The van der Waals surface area contributed by atoms with Gasteiger partial charge in [0.15, 0.2) is 0 Å². The van der Waals surface area contributed by atoms with Gasteiger partial charge in [0.1, 0.15) is 29.5 Å². The van der Waals surface area contributed by atoms with Crippen LogP contribution < -0.4 is 5.32 Å². The van der Waals surface area contributed by atoms with Crippen LogP contribution in [0.2, 0.25) is 5.15 Å². The number of hydrogen-bond donors (Lipinski definition) is 1. The molecule has 0 aliphatic heterocycles. The summed E-state index contributed by atoms with van der Waals surface area (Å²) in [7, 11) is 0. The summed E-state index contributed by atoms with van der Waals surface area (Å²) in [5.74, 6) is 1.45. The zero-order chi connectivity index (χ0) is 12.8. The molecule has 7 heteroatoms. The minimum atomic E-state index is 0.467. The maximum Gasteiger partial charge on any atom is 0.134 e. The van der Waals surface area contributed by atoms with E-state index < -0.39 is 0 Å². The normalized spacial score (nSPS) is 10.6. The van der Waals surface area contributed by atoms with Gasteiger partial charge in [0.2, 0.25) is 0 Å². The fraction of sp³-hybridized carbons (Fsp3) is 0.455. The molecule has 0 saturated heterocycles. The molecule has 2 aromatic heterocycles. The molecule has 2 heterocycles. The standard InChI is InChI=1S/C11H15ClN6/c1-9-16-10(12)6-11(17-9)13-4-2-3-5-18-7-14-15-8-18/h6-8H,2-5H2,1H3,(H,13,16,17). The molecule has 0 aliphatic carbocycles. The lowest BCUT2D eigenvalue weighted by Gasteiger charge is -2.06. The van der Waals surface area contributed by atoms with Gasteiger partial charge in [0, 0.05) is 19.2 Å². The molecule has 0 fully saturated rings. The van der Waals surface area contributed by atoms with Gasteiger partial charge in [-0.2, -0.15) is 0 Å². The second-order valence-electron chi connectivity index (χ2n) is 3.96. The molecule has 2 rings (SSSR count). The predicted molar refractivity (Wildman–Crippen MR) is 69.5 cm³/mol. The highest BCUT2D eigenvalue weighted by molar-refractivity contribution is 6.29. The number of aryl methyl sites for hydroxylation is 2. The Morgan fingerprint density at radius 2 is 2.00 bits per heavy atom. The second-order valence-corrected chi connectivity index (χ2v) is 4.34. The quantitative estimate of drug-likeness (QED) is 0.639. The molecular formula is C11H15ClN6. The summed E-state index contributed by atoms with van der Waals surface area (Å²) in [6.07, 6.45) is 5.55. The fourth-order valence-electron chi connectivity index (χ4n) is 1.60. The lowest BCUT2D eigenvalue weighted by atomic mass is 10.3. The Labute approximate surface area is 110 Å². The first-order valence-corrected chi connectivity index (χ1v) is 6.19. The van der Waals surface area contributed by atoms with E-state index in [9.17, 15) is 0 Å². The molecule has 18 heavy (non-hydrogen) atoms. The largest absolute Gasteiger partial charge is 0.370 e. The second kappa shape index (κ2) is 6.30. The van der Waals surface area contributed by atoms with Crippen LogP contribution in [-0.2, 0) is 6.54 Å². The summed E-state index contributed by atoms with van der Waals surface area (Å²) in [4.78, 5) is 8.26. The Morgan fingerprint density at radius 1 is 1.22 bits per heavy atom. The van der Waals surface area contributed by atoms with Crippen molar-refractivity contribution in [1.29, 1.82) is 0 Å². The summed E-state index contributed by atoms with van der Waals surface area (Å²) in [5, 5.41) is 11.2.